The standard InChI is InChI=1S/C20H26N4O4/c1-27-11-9-16(25)24-10-3-4-14(12-24)20-22-17(18(23-20)19(21)26)13-5-7-15(28-2)8-6-13/h5-8,14H,3-4,9-12H2,1-2H3,(H2,21,26)(H,22,23)/t14-/m1/s1. The highest BCUT2D eigenvalue weighted by Gasteiger charge is 2.28. The first kappa shape index (κ1) is 19.9. The molecule has 2 heterocycles. The van der Waals surface area contributed by atoms with Crippen molar-refractivity contribution in [1.29, 1.82) is 0 Å². The predicted molar refractivity (Wildman–Crippen MR) is 104 cm³/mol. The SMILES string of the molecule is COCCC(=O)N1CCC[C@@H](c2nc(-c3ccc(OC)cc3)c(C(N)=O)[nH]2)C1. The number of piperidine rings is 1. The number of methoxy groups -OCH3 is 2. The number of nitrogens with one attached hydrogen (secondary N) is 1. The number of likely N-dealkylation sites (tertiary alicyclic amines) is 1. The highest BCUT2D eigenvalue weighted by Crippen LogP contribution is 2.30. The lowest BCUT2D eigenvalue weighted by Gasteiger charge is -2.32. The van der Waals surface area contributed by atoms with Crippen LogP contribution in [0.4, 0.5) is 0 Å². The molecule has 1 fully saturated rings. The molecule has 2 amide bonds. The van der Waals surface area contributed by atoms with Gasteiger partial charge in [-0.15, -0.1) is 0 Å². The van der Waals surface area contributed by atoms with Crippen molar-refractivity contribution in [2.24, 2.45) is 5.73 Å². The summed E-state index contributed by atoms with van der Waals surface area (Å²) in [6, 6.07) is 7.30. The molecule has 1 aromatic heterocycles. The molecule has 1 aliphatic rings. The minimum Gasteiger partial charge on any atom is -0.497 e. The largest absolute Gasteiger partial charge is 0.497 e. The number of H-pyrrole nitrogens is 1. The molecule has 0 saturated carbocycles. The molecule has 1 aromatic carbocycles. The van der Waals surface area contributed by atoms with E-state index in [-0.39, 0.29) is 17.5 Å². The Bertz CT molecular complexity index is 831. The number of ether oxygens (including phenoxy) is 2. The first-order chi connectivity index (χ1) is 13.5. The van der Waals surface area contributed by atoms with Crippen molar-refractivity contribution in [1.82, 2.24) is 14.9 Å². The summed E-state index contributed by atoms with van der Waals surface area (Å²) in [5, 5.41) is 0. The Labute approximate surface area is 164 Å². The Hall–Kier alpha value is -2.87. The van der Waals surface area contributed by atoms with Gasteiger partial charge in [-0.3, -0.25) is 9.59 Å². The first-order valence-electron chi connectivity index (χ1n) is 9.34. The zero-order chi connectivity index (χ0) is 20.1. The maximum absolute atomic E-state index is 12.3. The molecule has 1 aliphatic heterocycles. The van der Waals surface area contributed by atoms with Gasteiger partial charge < -0.3 is 25.1 Å². The van der Waals surface area contributed by atoms with Gasteiger partial charge >= 0.3 is 0 Å². The quantitative estimate of drug-likeness (QED) is 0.755. The van der Waals surface area contributed by atoms with Gasteiger partial charge in [0.1, 0.15) is 23.0 Å². The molecule has 8 heteroatoms. The number of hydrogen-bond donors (Lipinski definition) is 2. The van der Waals surface area contributed by atoms with Gasteiger partial charge in [-0.2, -0.15) is 0 Å². The monoisotopic (exact) mass is 386 g/mol. The molecule has 0 unspecified atom stereocenters. The fourth-order valence-corrected chi connectivity index (χ4v) is 3.50. The zero-order valence-electron chi connectivity index (χ0n) is 16.2. The molecule has 0 bridgehead atoms. The van der Waals surface area contributed by atoms with Crippen molar-refractivity contribution < 1.29 is 19.1 Å². The molecule has 28 heavy (non-hydrogen) atoms. The minimum absolute atomic E-state index is 0.0327. The average molecular weight is 386 g/mol. The molecule has 1 saturated heterocycles. The number of aromatic amines is 1. The Morgan fingerprint density at radius 2 is 2.04 bits per heavy atom. The molecular weight excluding hydrogens is 360 g/mol. The predicted octanol–water partition coefficient (Wildman–Crippen LogP) is 1.93. The van der Waals surface area contributed by atoms with Gasteiger partial charge in [-0.25, -0.2) is 4.98 Å². The molecule has 150 valence electrons. The van der Waals surface area contributed by atoms with Crippen LogP contribution < -0.4 is 10.5 Å². The van der Waals surface area contributed by atoms with Crippen LogP contribution in [0.3, 0.4) is 0 Å². The number of hydrogen-bond acceptors (Lipinski definition) is 5. The van der Waals surface area contributed by atoms with Gasteiger partial charge in [-0.1, -0.05) is 0 Å². The molecule has 2 aromatic rings. The number of amides is 2. The Morgan fingerprint density at radius 3 is 2.68 bits per heavy atom. The summed E-state index contributed by atoms with van der Waals surface area (Å²) >= 11 is 0. The van der Waals surface area contributed by atoms with Gasteiger partial charge in [0.15, 0.2) is 0 Å². The number of nitrogens with two attached hydrogens (primary N) is 1. The smallest absolute Gasteiger partial charge is 0.267 e. The van der Waals surface area contributed by atoms with Crippen molar-refractivity contribution in [3.63, 3.8) is 0 Å². The fourth-order valence-electron chi connectivity index (χ4n) is 3.50. The molecule has 3 N–H and O–H groups in total. The lowest BCUT2D eigenvalue weighted by Crippen LogP contribution is -2.39. The molecule has 8 nitrogen and oxygen atoms in total. The number of primary amides is 1. The van der Waals surface area contributed by atoms with Gasteiger partial charge in [0.25, 0.3) is 5.91 Å². The van der Waals surface area contributed by atoms with Crippen molar-refractivity contribution >= 4 is 11.8 Å². The van der Waals surface area contributed by atoms with Crippen LogP contribution in [-0.4, -0.2) is 60.6 Å². The third-order valence-corrected chi connectivity index (χ3v) is 5.01. The molecule has 0 radical (unpaired) electrons. The highest BCUT2D eigenvalue weighted by atomic mass is 16.5. The molecule has 1 atom stereocenters. The van der Waals surface area contributed by atoms with E-state index in [1.807, 2.05) is 29.2 Å². The van der Waals surface area contributed by atoms with Gasteiger partial charge in [0.2, 0.25) is 5.91 Å². The van der Waals surface area contributed by atoms with Gasteiger partial charge in [0, 0.05) is 31.7 Å². The second-order valence-electron chi connectivity index (χ2n) is 6.86. The van der Waals surface area contributed by atoms with Gasteiger partial charge in [-0.05, 0) is 37.1 Å². The maximum atomic E-state index is 12.3. The maximum Gasteiger partial charge on any atom is 0.267 e. The van der Waals surface area contributed by atoms with E-state index in [1.165, 1.54) is 0 Å². The van der Waals surface area contributed by atoms with Crippen molar-refractivity contribution in [3.8, 4) is 17.0 Å². The molecule has 0 aliphatic carbocycles. The lowest BCUT2D eigenvalue weighted by atomic mass is 9.97. The fraction of sp³-hybridized carbons (Fsp3) is 0.450. The minimum atomic E-state index is -0.562. The van der Waals surface area contributed by atoms with E-state index in [0.29, 0.717) is 31.1 Å². The molecule has 3 rings (SSSR count). The topological polar surface area (TPSA) is 111 Å². The van der Waals surface area contributed by atoms with Crippen molar-refractivity contribution in [3.05, 3.63) is 35.8 Å². The third kappa shape index (κ3) is 4.33. The van der Waals surface area contributed by atoms with Crippen molar-refractivity contribution in [2.75, 3.05) is 33.9 Å². The van der Waals surface area contributed by atoms with E-state index in [0.717, 1.165) is 30.7 Å². The normalized spacial score (nSPS) is 16.8. The Balaban J connectivity index is 1.83. The van der Waals surface area contributed by atoms with Crippen LogP contribution in [0.5, 0.6) is 5.75 Å². The van der Waals surface area contributed by atoms with Crippen LogP contribution in [0, 0.1) is 0 Å². The Kier molecular flexibility index (Phi) is 6.30. The van der Waals surface area contributed by atoms with Crippen LogP contribution >= 0.6 is 0 Å². The average Bonchev–Trinajstić information content (AvgIpc) is 3.18. The number of rotatable bonds is 7. The van der Waals surface area contributed by atoms with E-state index in [1.54, 1.807) is 14.2 Å². The summed E-state index contributed by atoms with van der Waals surface area (Å²) < 4.78 is 10.2. The van der Waals surface area contributed by atoms with Crippen molar-refractivity contribution in [2.45, 2.75) is 25.2 Å². The number of carbonyl (C=O) groups excluding carboxylic acids is 2. The zero-order valence-corrected chi connectivity index (χ0v) is 16.2. The summed E-state index contributed by atoms with van der Waals surface area (Å²) in [5.41, 5.74) is 7.15. The van der Waals surface area contributed by atoms with E-state index in [4.69, 9.17) is 15.2 Å². The summed E-state index contributed by atoms with van der Waals surface area (Å²) in [5.74, 6) is 0.948. The Morgan fingerprint density at radius 1 is 1.29 bits per heavy atom. The summed E-state index contributed by atoms with van der Waals surface area (Å²) in [6.45, 7) is 1.71. The highest BCUT2D eigenvalue weighted by molar-refractivity contribution is 5.97. The summed E-state index contributed by atoms with van der Waals surface area (Å²) in [6.07, 6.45) is 2.14. The van der Waals surface area contributed by atoms with Crippen LogP contribution in [0.2, 0.25) is 0 Å². The number of benzene rings is 1. The van der Waals surface area contributed by atoms with E-state index >= 15 is 0 Å². The first-order valence-corrected chi connectivity index (χ1v) is 9.34. The summed E-state index contributed by atoms with van der Waals surface area (Å²) in [7, 11) is 3.18. The van der Waals surface area contributed by atoms with E-state index in [2.05, 4.69) is 9.97 Å². The molecule has 0 spiro atoms. The summed E-state index contributed by atoms with van der Waals surface area (Å²) in [4.78, 5) is 33.9. The number of carbonyl (C=O) groups is 2. The van der Waals surface area contributed by atoms with Crippen LogP contribution in [0.15, 0.2) is 24.3 Å². The second-order valence-corrected chi connectivity index (χ2v) is 6.86. The lowest BCUT2D eigenvalue weighted by molar-refractivity contribution is -0.133. The number of nitrogens with zero attached hydrogens (tertiary/aromatic N) is 2. The van der Waals surface area contributed by atoms with E-state index < -0.39 is 5.91 Å². The third-order valence-electron chi connectivity index (χ3n) is 5.01. The van der Waals surface area contributed by atoms with Gasteiger partial charge in [0.05, 0.1) is 20.1 Å². The second kappa shape index (κ2) is 8.88. The van der Waals surface area contributed by atoms with Crippen LogP contribution in [0.1, 0.15) is 41.5 Å². The van der Waals surface area contributed by atoms with Crippen LogP contribution in [0.25, 0.3) is 11.3 Å². The molecular formula is C20H26N4O4. The van der Waals surface area contributed by atoms with Crippen LogP contribution in [-0.2, 0) is 9.53 Å². The number of aromatic nitrogens is 2. The van der Waals surface area contributed by atoms with E-state index in [9.17, 15) is 9.59 Å². The number of imidazole rings is 1.